The lowest BCUT2D eigenvalue weighted by atomic mass is 10.0. The molecule has 1 N–H and O–H groups in total. The van der Waals surface area contributed by atoms with Crippen LogP contribution in [0.4, 0.5) is 0 Å². The van der Waals surface area contributed by atoms with Crippen LogP contribution in [-0.4, -0.2) is 35.3 Å². The van der Waals surface area contributed by atoms with Crippen LogP contribution in [0.1, 0.15) is 110 Å². The molecule has 4 nitrogen and oxygen atoms in total. The van der Waals surface area contributed by atoms with Gasteiger partial charge in [0.1, 0.15) is 0 Å². The van der Waals surface area contributed by atoms with Gasteiger partial charge >= 0.3 is 11.9 Å². The summed E-state index contributed by atoms with van der Waals surface area (Å²) in [6, 6.07) is 0. The van der Waals surface area contributed by atoms with Crippen molar-refractivity contribution in [3.8, 4) is 0 Å². The minimum absolute atomic E-state index is 0.796. The SMILES string of the molecule is CCCCCCCCCCCCCCCCCCS(C)(C)OC(=O)C(=O)O. The molecule has 0 heterocycles. The molecule has 0 aliphatic rings. The molecule has 0 aliphatic carbocycles. The quantitative estimate of drug-likeness (QED) is 0.200. The molecule has 5 heteroatoms. The zero-order chi connectivity index (χ0) is 20.4. The van der Waals surface area contributed by atoms with Gasteiger partial charge in [-0.15, -0.1) is 0 Å². The second-order valence-corrected chi connectivity index (χ2v) is 11.6. The number of hydrogen-bond donors (Lipinski definition) is 1. The van der Waals surface area contributed by atoms with E-state index in [1.807, 2.05) is 12.5 Å². The van der Waals surface area contributed by atoms with Crippen molar-refractivity contribution in [3.05, 3.63) is 0 Å². The number of carbonyl (C=O) groups excluding carboxylic acids is 1. The molecule has 0 rings (SSSR count). The lowest BCUT2D eigenvalue weighted by Gasteiger charge is -2.29. The first-order chi connectivity index (χ1) is 12.9. The Kier molecular flexibility index (Phi) is 16.9. The second-order valence-electron chi connectivity index (χ2n) is 8.12. The average molecular weight is 405 g/mol. The maximum atomic E-state index is 11.1. The van der Waals surface area contributed by atoms with E-state index >= 15 is 0 Å². The van der Waals surface area contributed by atoms with Crippen LogP contribution in [0.3, 0.4) is 0 Å². The summed E-state index contributed by atoms with van der Waals surface area (Å²) in [7, 11) is -1.58. The van der Waals surface area contributed by atoms with Crippen molar-refractivity contribution in [2.45, 2.75) is 110 Å². The third-order valence-electron chi connectivity index (χ3n) is 4.97. The Morgan fingerprint density at radius 3 is 1.33 bits per heavy atom. The zero-order valence-corrected chi connectivity index (χ0v) is 18.9. The van der Waals surface area contributed by atoms with E-state index in [1.54, 1.807) is 0 Å². The number of unbranched alkanes of at least 4 members (excludes halogenated alkanes) is 15. The number of aliphatic carboxylic acids is 1. The number of rotatable bonds is 18. The van der Waals surface area contributed by atoms with Gasteiger partial charge in [0.2, 0.25) is 0 Å². The molecule has 0 aliphatic heterocycles. The smallest absolute Gasteiger partial charge is 0.427 e. The Bertz CT molecular complexity index is 383. The molecule has 0 atom stereocenters. The Labute approximate surface area is 169 Å². The number of carboxylic acid groups (broad SMARTS) is 1. The molecule has 27 heavy (non-hydrogen) atoms. The topological polar surface area (TPSA) is 63.6 Å². The molecular formula is C22H44O4S. The Hall–Kier alpha value is -0.710. The van der Waals surface area contributed by atoms with Crippen LogP contribution in [0, 0.1) is 0 Å². The summed E-state index contributed by atoms with van der Waals surface area (Å²) in [6.45, 7) is 2.27. The number of carbonyl (C=O) groups is 2. The Morgan fingerprint density at radius 1 is 0.667 bits per heavy atom. The van der Waals surface area contributed by atoms with Crippen LogP contribution in [0.2, 0.25) is 0 Å². The first-order valence-electron chi connectivity index (χ1n) is 11.1. The summed E-state index contributed by atoms with van der Waals surface area (Å²) in [4.78, 5) is 21.7. The number of carboxylic acids is 1. The van der Waals surface area contributed by atoms with Crippen molar-refractivity contribution in [3.63, 3.8) is 0 Å². The highest BCUT2D eigenvalue weighted by atomic mass is 32.3. The largest absolute Gasteiger partial charge is 0.473 e. The van der Waals surface area contributed by atoms with Crippen LogP contribution in [0.15, 0.2) is 0 Å². The van der Waals surface area contributed by atoms with Crippen molar-refractivity contribution in [1.29, 1.82) is 0 Å². The third kappa shape index (κ3) is 18.4. The molecule has 0 aromatic heterocycles. The predicted octanol–water partition coefficient (Wildman–Crippen LogP) is 6.85. The highest BCUT2D eigenvalue weighted by molar-refractivity contribution is 8.29. The van der Waals surface area contributed by atoms with Gasteiger partial charge in [-0.3, -0.25) is 0 Å². The maximum absolute atomic E-state index is 11.1. The van der Waals surface area contributed by atoms with Crippen LogP contribution in [0.5, 0.6) is 0 Å². The Morgan fingerprint density at radius 2 is 1.00 bits per heavy atom. The first kappa shape index (κ1) is 26.3. The molecule has 0 aromatic carbocycles. The van der Waals surface area contributed by atoms with E-state index in [0.717, 1.165) is 18.6 Å². The minimum Gasteiger partial charge on any atom is -0.473 e. The normalized spacial score (nSPS) is 12.1. The van der Waals surface area contributed by atoms with E-state index < -0.39 is 22.2 Å². The summed E-state index contributed by atoms with van der Waals surface area (Å²) < 4.78 is 5.07. The van der Waals surface area contributed by atoms with Gasteiger partial charge in [-0.25, -0.2) is 9.59 Å². The fraction of sp³-hybridized carbons (Fsp3) is 0.909. The van der Waals surface area contributed by atoms with E-state index in [1.165, 1.54) is 89.9 Å². The number of hydrogen-bond acceptors (Lipinski definition) is 3. The van der Waals surface area contributed by atoms with E-state index in [2.05, 4.69) is 6.92 Å². The summed E-state index contributed by atoms with van der Waals surface area (Å²) in [5.41, 5.74) is 0. The van der Waals surface area contributed by atoms with Crippen molar-refractivity contribution in [2.75, 3.05) is 18.3 Å². The molecule has 0 saturated heterocycles. The fourth-order valence-electron chi connectivity index (χ4n) is 3.28. The standard InChI is InChI=1S/C22H44O4S/c1-4-5-6-7-8-9-10-11-12-13-14-15-16-17-18-19-20-27(2,3)26-22(25)21(23)24/h4-20H2,1-3H3,(H,23,24). The fourth-order valence-corrected chi connectivity index (χ4v) is 4.74. The van der Waals surface area contributed by atoms with Crippen LogP contribution in [0.25, 0.3) is 0 Å². The van der Waals surface area contributed by atoms with Gasteiger partial charge < -0.3 is 9.29 Å². The lowest BCUT2D eigenvalue weighted by molar-refractivity contribution is -0.157. The highest BCUT2D eigenvalue weighted by Crippen LogP contribution is 2.42. The predicted molar refractivity (Wildman–Crippen MR) is 118 cm³/mol. The third-order valence-corrected chi connectivity index (χ3v) is 6.84. The van der Waals surface area contributed by atoms with E-state index in [4.69, 9.17) is 9.29 Å². The highest BCUT2D eigenvalue weighted by Gasteiger charge is 2.22. The van der Waals surface area contributed by atoms with Crippen molar-refractivity contribution < 1.29 is 18.9 Å². The van der Waals surface area contributed by atoms with Gasteiger partial charge in [-0.2, -0.15) is 0 Å². The van der Waals surface area contributed by atoms with Crippen molar-refractivity contribution >= 4 is 22.2 Å². The minimum atomic E-state index is -1.58. The lowest BCUT2D eigenvalue weighted by Crippen LogP contribution is -2.19. The molecule has 0 aromatic rings. The van der Waals surface area contributed by atoms with Crippen LogP contribution < -0.4 is 0 Å². The monoisotopic (exact) mass is 404 g/mol. The molecule has 0 amide bonds. The Balaban J connectivity index is 3.31. The van der Waals surface area contributed by atoms with Gasteiger partial charge in [0, 0.05) is 5.75 Å². The molecule has 162 valence electrons. The van der Waals surface area contributed by atoms with Gasteiger partial charge in [0.05, 0.1) is 0 Å². The molecule has 0 radical (unpaired) electrons. The van der Waals surface area contributed by atoms with Gasteiger partial charge in [0.25, 0.3) is 0 Å². The molecule has 0 fully saturated rings. The van der Waals surface area contributed by atoms with Crippen molar-refractivity contribution in [2.24, 2.45) is 0 Å². The zero-order valence-electron chi connectivity index (χ0n) is 18.1. The summed E-state index contributed by atoms with van der Waals surface area (Å²) in [5.74, 6) is -1.82. The van der Waals surface area contributed by atoms with Gasteiger partial charge in [0.15, 0.2) is 0 Å². The first-order valence-corrected chi connectivity index (χ1v) is 13.6. The molecule has 0 saturated carbocycles. The molecular weight excluding hydrogens is 360 g/mol. The summed E-state index contributed by atoms with van der Waals surface area (Å²) >= 11 is 0. The maximum Gasteiger partial charge on any atom is 0.427 e. The molecule has 0 unspecified atom stereocenters. The summed E-state index contributed by atoms with van der Waals surface area (Å²) in [5, 5.41) is 8.60. The molecule has 0 bridgehead atoms. The van der Waals surface area contributed by atoms with Crippen molar-refractivity contribution in [1.82, 2.24) is 0 Å². The van der Waals surface area contributed by atoms with E-state index in [0.29, 0.717) is 0 Å². The van der Waals surface area contributed by atoms with Gasteiger partial charge in [-0.05, 0) is 18.9 Å². The second kappa shape index (κ2) is 17.4. The molecule has 0 spiro atoms. The van der Waals surface area contributed by atoms with Gasteiger partial charge in [-0.1, -0.05) is 114 Å². The average Bonchev–Trinajstić information content (AvgIpc) is 2.60. The van der Waals surface area contributed by atoms with Crippen LogP contribution >= 0.6 is 10.3 Å². The van der Waals surface area contributed by atoms with E-state index in [-0.39, 0.29) is 0 Å². The summed E-state index contributed by atoms with van der Waals surface area (Å²) in [6.07, 6.45) is 25.0. The van der Waals surface area contributed by atoms with Crippen LogP contribution in [-0.2, 0) is 13.8 Å². The van der Waals surface area contributed by atoms with E-state index in [9.17, 15) is 9.59 Å².